The van der Waals surface area contributed by atoms with Gasteiger partial charge in [-0.15, -0.1) is 0 Å². The van der Waals surface area contributed by atoms with Crippen molar-refractivity contribution in [1.82, 2.24) is 0 Å². The maximum atomic E-state index is 12.2. The van der Waals surface area contributed by atoms with Gasteiger partial charge in [-0.2, -0.15) is 0 Å². The molecule has 0 spiro atoms. The first kappa shape index (κ1) is 17.8. The molecule has 0 aromatic heterocycles. The third kappa shape index (κ3) is 4.33. The van der Waals surface area contributed by atoms with E-state index in [0.717, 1.165) is 17.5 Å². The molecule has 0 saturated heterocycles. The normalized spacial score (nSPS) is 12.8. The second-order valence-electron chi connectivity index (χ2n) is 6.15. The molecule has 0 bridgehead atoms. The lowest BCUT2D eigenvalue weighted by Crippen LogP contribution is -2.21. The molecule has 2 aromatic rings. The Morgan fingerprint density at radius 1 is 1.04 bits per heavy atom. The molecule has 26 heavy (non-hydrogen) atoms. The Morgan fingerprint density at radius 3 is 2.62 bits per heavy atom. The van der Waals surface area contributed by atoms with Crippen LogP contribution in [0.3, 0.4) is 0 Å². The number of hydrogen-bond acceptors (Lipinski definition) is 5. The van der Waals surface area contributed by atoms with Crippen LogP contribution >= 0.6 is 0 Å². The predicted molar refractivity (Wildman–Crippen MR) is 96.9 cm³/mol. The molecule has 1 heterocycles. The average Bonchev–Trinajstić information content (AvgIpc) is 2.86. The maximum Gasteiger partial charge on any atom is 0.338 e. The number of esters is 1. The van der Waals surface area contributed by atoms with Gasteiger partial charge in [-0.05, 0) is 37.6 Å². The van der Waals surface area contributed by atoms with Gasteiger partial charge in [0.2, 0.25) is 0 Å². The molecule has 1 aliphatic heterocycles. The molecule has 1 amide bonds. The molecule has 6 nitrogen and oxygen atoms in total. The summed E-state index contributed by atoms with van der Waals surface area (Å²) in [7, 11) is 0. The summed E-state index contributed by atoms with van der Waals surface area (Å²) in [6, 6.07) is 10.7. The Bertz CT molecular complexity index is 831. The van der Waals surface area contributed by atoms with Gasteiger partial charge in [0.05, 0.1) is 18.8 Å². The van der Waals surface area contributed by atoms with Crippen molar-refractivity contribution in [3.05, 3.63) is 53.1 Å². The molecule has 0 aliphatic carbocycles. The minimum Gasteiger partial charge on any atom is -0.490 e. The van der Waals surface area contributed by atoms with E-state index in [1.807, 2.05) is 26.0 Å². The molecule has 3 rings (SSSR count). The van der Waals surface area contributed by atoms with Crippen LogP contribution in [0.15, 0.2) is 36.4 Å². The van der Waals surface area contributed by atoms with Gasteiger partial charge in [0, 0.05) is 18.2 Å². The van der Waals surface area contributed by atoms with E-state index in [1.165, 1.54) is 0 Å². The summed E-state index contributed by atoms with van der Waals surface area (Å²) in [5.74, 6) is 0.313. The molecule has 0 fully saturated rings. The van der Waals surface area contributed by atoms with E-state index in [9.17, 15) is 9.59 Å². The number of nitrogens with one attached hydrogen (secondary N) is 1. The van der Waals surface area contributed by atoms with Crippen molar-refractivity contribution >= 4 is 17.6 Å². The van der Waals surface area contributed by atoms with Gasteiger partial charge in [-0.25, -0.2) is 4.79 Å². The monoisotopic (exact) mass is 355 g/mol. The first-order chi connectivity index (χ1) is 12.5. The van der Waals surface area contributed by atoms with E-state index in [-0.39, 0.29) is 6.61 Å². The molecule has 1 aliphatic rings. The summed E-state index contributed by atoms with van der Waals surface area (Å²) in [6.07, 6.45) is 0.810. The molecule has 136 valence electrons. The molecule has 0 radical (unpaired) electrons. The van der Waals surface area contributed by atoms with Gasteiger partial charge in [0.15, 0.2) is 18.1 Å². The largest absolute Gasteiger partial charge is 0.490 e. The fraction of sp³-hybridized carbons (Fsp3) is 0.300. The Balaban J connectivity index is 1.58. The number of amides is 1. The predicted octanol–water partition coefficient (Wildman–Crippen LogP) is 3.26. The summed E-state index contributed by atoms with van der Waals surface area (Å²) in [4.78, 5) is 24.2. The van der Waals surface area contributed by atoms with Crippen LogP contribution in [0, 0.1) is 13.8 Å². The van der Waals surface area contributed by atoms with Crippen LogP contribution in [0.25, 0.3) is 0 Å². The van der Waals surface area contributed by atoms with Crippen LogP contribution in [0.1, 0.15) is 27.9 Å². The average molecular weight is 355 g/mol. The van der Waals surface area contributed by atoms with Crippen molar-refractivity contribution in [3.8, 4) is 11.5 Å². The molecule has 0 atom stereocenters. The molecule has 0 saturated carbocycles. The van der Waals surface area contributed by atoms with E-state index >= 15 is 0 Å². The summed E-state index contributed by atoms with van der Waals surface area (Å²) < 4.78 is 16.3. The van der Waals surface area contributed by atoms with E-state index in [1.54, 1.807) is 24.3 Å². The van der Waals surface area contributed by atoms with Crippen LogP contribution in [0.2, 0.25) is 0 Å². The number of aryl methyl sites for hydroxylation is 2. The standard InChI is InChI=1S/C20H21NO5/c1-13-4-5-14(2)16(10-13)20(23)26-12-19(22)21-15-6-7-17-18(11-15)25-9-3-8-24-17/h4-7,10-11H,3,8-9,12H2,1-2H3,(H,21,22). The zero-order chi connectivity index (χ0) is 18.5. The number of benzene rings is 2. The lowest BCUT2D eigenvalue weighted by atomic mass is 10.1. The van der Waals surface area contributed by atoms with Gasteiger partial charge < -0.3 is 19.5 Å². The minimum absolute atomic E-state index is 0.360. The van der Waals surface area contributed by atoms with E-state index < -0.39 is 11.9 Å². The summed E-state index contributed by atoms with van der Waals surface area (Å²) in [6.45, 7) is 4.53. The Morgan fingerprint density at radius 2 is 1.81 bits per heavy atom. The molecule has 2 aromatic carbocycles. The lowest BCUT2D eigenvalue weighted by Gasteiger charge is -2.11. The fourth-order valence-corrected chi connectivity index (χ4v) is 2.60. The first-order valence-electron chi connectivity index (χ1n) is 8.47. The topological polar surface area (TPSA) is 73.9 Å². The molecular formula is C20H21NO5. The quantitative estimate of drug-likeness (QED) is 0.852. The number of rotatable bonds is 4. The van der Waals surface area contributed by atoms with Crippen molar-refractivity contribution in [2.45, 2.75) is 20.3 Å². The minimum atomic E-state index is -0.514. The number of carbonyl (C=O) groups excluding carboxylic acids is 2. The highest BCUT2D eigenvalue weighted by Crippen LogP contribution is 2.32. The van der Waals surface area contributed by atoms with E-state index in [0.29, 0.717) is 36.0 Å². The van der Waals surface area contributed by atoms with Crippen molar-refractivity contribution < 1.29 is 23.8 Å². The summed E-state index contributed by atoms with van der Waals surface area (Å²) in [5.41, 5.74) is 2.79. The second kappa shape index (κ2) is 7.91. The first-order valence-corrected chi connectivity index (χ1v) is 8.47. The van der Waals surface area contributed by atoms with E-state index in [4.69, 9.17) is 14.2 Å². The van der Waals surface area contributed by atoms with Crippen molar-refractivity contribution in [1.29, 1.82) is 0 Å². The van der Waals surface area contributed by atoms with Crippen LogP contribution in [0.5, 0.6) is 11.5 Å². The van der Waals surface area contributed by atoms with Crippen molar-refractivity contribution in [2.24, 2.45) is 0 Å². The highest BCUT2D eigenvalue weighted by atomic mass is 16.5. The fourth-order valence-electron chi connectivity index (χ4n) is 2.60. The zero-order valence-corrected chi connectivity index (χ0v) is 14.8. The third-order valence-electron chi connectivity index (χ3n) is 3.98. The number of carbonyl (C=O) groups is 2. The lowest BCUT2D eigenvalue weighted by molar-refractivity contribution is -0.119. The highest BCUT2D eigenvalue weighted by Gasteiger charge is 2.15. The highest BCUT2D eigenvalue weighted by molar-refractivity contribution is 5.96. The van der Waals surface area contributed by atoms with Crippen LogP contribution < -0.4 is 14.8 Å². The molecule has 1 N–H and O–H groups in total. The van der Waals surface area contributed by atoms with Crippen molar-refractivity contribution in [3.63, 3.8) is 0 Å². The molecular weight excluding hydrogens is 334 g/mol. The van der Waals surface area contributed by atoms with Crippen molar-refractivity contribution in [2.75, 3.05) is 25.1 Å². The van der Waals surface area contributed by atoms with Crippen LogP contribution in [-0.2, 0) is 9.53 Å². The third-order valence-corrected chi connectivity index (χ3v) is 3.98. The summed E-state index contributed by atoms with van der Waals surface area (Å²) in [5, 5.41) is 2.69. The van der Waals surface area contributed by atoms with Gasteiger partial charge >= 0.3 is 5.97 Å². The smallest absolute Gasteiger partial charge is 0.338 e. The molecule has 0 unspecified atom stereocenters. The van der Waals surface area contributed by atoms with Crippen LogP contribution in [0.4, 0.5) is 5.69 Å². The van der Waals surface area contributed by atoms with E-state index in [2.05, 4.69) is 5.32 Å². The van der Waals surface area contributed by atoms with Gasteiger partial charge in [-0.3, -0.25) is 4.79 Å². The number of fused-ring (bicyclic) bond motifs is 1. The van der Waals surface area contributed by atoms with Gasteiger partial charge in [0.25, 0.3) is 5.91 Å². The SMILES string of the molecule is Cc1ccc(C)c(C(=O)OCC(=O)Nc2ccc3c(c2)OCCCO3)c1. The van der Waals surface area contributed by atoms with Gasteiger partial charge in [0.1, 0.15) is 0 Å². The van der Waals surface area contributed by atoms with Gasteiger partial charge in [-0.1, -0.05) is 17.7 Å². The summed E-state index contributed by atoms with van der Waals surface area (Å²) >= 11 is 0. The number of hydrogen-bond donors (Lipinski definition) is 1. The van der Waals surface area contributed by atoms with Crippen LogP contribution in [-0.4, -0.2) is 31.7 Å². The number of anilines is 1. The Kier molecular flexibility index (Phi) is 5.41. The number of ether oxygens (including phenoxy) is 3. The zero-order valence-electron chi connectivity index (χ0n) is 14.8. The Labute approximate surface area is 152 Å². The molecule has 6 heteroatoms. The Hall–Kier alpha value is -3.02. The second-order valence-corrected chi connectivity index (χ2v) is 6.15. The maximum absolute atomic E-state index is 12.2.